The molecular weight excluding hydrogens is 316 g/mol. The maximum atomic E-state index is 12.2. The molecular formula is C16H22N2O4S. The highest BCUT2D eigenvalue weighted by atomic mass is 32.2. The minimum absolute atomic E-state index is 0.306. The number of rotatable bonds is 9. The van der Waals surface area contributed by atoms with Gasteiger partial charge in [-0.1, -0.05) is 5.92 Å². The molecule has 0 fully saturated rings. The Morgan fingerprint density at radius 1 is 1.39 bits per heavy atom. The molecule has 0 saturated carbocycles. The maximum absolute atomic E-state index is 12.2. The number of nitrogens with one attached hydrogen (secondary N) is 1. The number of aliphatic hydroxyl groups excluding tert-OH is 1. The van der Waals surface area contributed by atoms with Crippen LogP contribution in [0.25, 0.3) is 0 Å². The SMILES string of the molecule is CC#CCOc1ccc(S(=O)C(O)CCCCNC(N)=O)cc1. The number of amides is 2. The fourth-order valence-corrected chi connectivity index (χ4v) is 2.88. The summed E-state index contributed by atoms with van der Waals surface area (Å²) in [5.74, 6) is 6.16. The zero-order valence-corrected chi connectivity index (χ0v) is 13.9. The van der Waals surface area contributed by atoms with Crippen LogP contribution in [0.4, 0.5) is 4.79 Å². The van der Waals surface area contributed by atoms with Crippen LogP contribution in [0.3, 0.4) is 0 Å². The standard InChI is InChI=1S/C16H22N2O4S/c1-2-3-12-22-13-7-9-14(10-8-13)23(21)15(19)6-4-5-11-18-16(17)20/h7-10,15,19H,4-6,11-12H2,1H3,(H3,17,18,20). The van der Waals surface area contributed by atoms with Crippen molar-refractivity contribution in [2.45, 2.75) is 36.5 Å². The molecule has 2 unspecified atom stereocenters. The lowest BCUT2D eigenvalue weighted by Crippen LogP contribution is -2.30. The number of nitrogens with two attached hydrogens (primary N) is 1. The molecule has 0 aliphatic rings. The zero-order chi connectivity index (χ0) is 17.1. The van der Waals surface area contributed by atoms with Crippen LogP contribution >= 0.6 is 0 Å². The van der Waals surface area contributed by atoms with Gasteiger partial charge in [0.1, 0.15) is 17.8 Å². The van der Waals surface area contributed by atoms with Crippen molar-refractivity contribution in [1.29, 1.82) is 0 Å². The summed E-state index contributed by atoms with van der Waals surface area (Å²) in [6, 6.07) is 6.18. The Morgan fingerprint density at radius 2 is 2.09 bits per heavy atom. The number of aliphatic hydroxyl groups is 1. The Balaban J connectivity index is 2.39. The molecule has 23 heavy (non-hydrogen) atoms. The van der Waals surface area contributed by atoms with E-state index in [4.69, 9.17) is 10.5 Å². The van der Waals surface area contributed by atoms with E-state index in [9.17, 15) is 14.1 Å². The number of urea groups is 1. The van der Waals surface area contributed by atoms with E-state index in [1.807, 2.05) is 0 Å². The molecule has 126 valence electrons. The van der Waals surface area contributed by atoms with Crippen molar-refractivity contribution in [3.05, 3.63) is 24.3 Å². The molecule has 0 radical (unpaired) electrons. The summed E-state index contributed by atoms with van der Waals surface area (Å²) >= 11 is 0. The van der Waals surface area contributed by atoms with Gasteiger partial charge in [-0.15, -0.1) is 5.92 Å². The number of carbonyl (C=O) groups is 1. The number of unbranched alkanes of at least 4 members (excludes halogenated alkanes) is 1. The summed E-state index contributed by atoms with van der Waals surface area (Å²) in [4.78, 5) is 11.0. The number of benzene rings is 1. The highest BCUT2D eigenvalue weighted by molar-refractivity contribution is 7.85. The Hall–Kier alpha value is -2.04. The number of carbonyl (C=O) groups excluding carboxylic acids is 1. The molecule has 2 amide bonds. The molecule has 1 aromatic rings. The molecule has 1 aromatic carbocycles. The molecule has 0 spiro atoms. The van der Waals surface area contributed by atoms with Crippen molar-refractivity contribution in [3.63, 3.8) is 0 Å². The highest BCUT2D eigenvalue weighted by Crippen LogP contribution is 2.18. The van der Waals surface area contributed by atoms with Crippen molar-refractivity contribution in [1.82, 2.24) is 5.32 Å². The van der Waals surface area contributed by atoms with Gasteiger partial charge in [-0.3, -0.25) is 4.21 Å². The van der Waals surface area contributed by atoms with Gasteiger partial charge in [-0.2, -0.15) is 0 Å². The largest absolute Gasteiger partial charge is 0.481 e. The van der Waals surface area contributed by atoms with Gasteiger partial charge in [0, 0.05) is 11.4 Å². The third-order valence-electron chi connectivity index (χ3n) is 2.97. The van der Waals surface area contributed by atoms with Crippen LogP contribution in [0.2, 0.25) is 0 Å². The molecule has 0 saturated heterocycles. The Bertz CT molecular complexity index is 578. The minimum atomic E-state index is -1.50. The molecule has 0 aliphatic heterocycles. The van der Waals surface area contributed by atoms with Crippen LogP contribution in [0, 0.1) is 11.8 Å². The monoisotopic (exact) mass is 338 g/mol. The molecule has 0 aromatic heterocycles. The van der Waals surface area contributed by atoms with Gasteiger partial charge < -0.3 is 20.9 Å². The predicted molar refractivity (Wildman–Crippen MR) is 89.2 cm³/mol. The number of primary amides is 1. The van der Waals surface area contributed by atoms with Crippen molar-refractivity contribution in [2.75, 3.05) is 13.2 Å². The van der Waals surface area contributed by atoms with Crippen molar-refractivity contribution >= 4 is 16.8 Å². The van der Waals surface area contributed by atoms with E-state index in [-0.39, 0.29) is 0 Å². The van der Waals surface area contributed by atoms with E-state index in [1.54, 1.807) is 31.2 Å². The van der Waals surface area contributed by atoms with Gasteiger partial charge in [0.25, 0.3) is 0 Å². The summed E-state index contributed by atoms with van der Waals surface area (Å²) < 4.78 is 17.6. The van der Waals surface area contributed by atoms with E-state index >= 15 is 0 Å². The first-order valence-electron chi connectivity index (χ1n) is 7.29. The second-order valence-corrected chi connectivity index (χ2v) is 6.34. The van der Waals surface area contributed by atoms with Gasteiger partial charge in [0.15, 0.2) is 0 Å². The van der Waals surface area contributed by atoms with Crippen LogP contribution in [0.15, 0.2) is 29.2 Å². The quantitative estimate of drug-likeness (QED) is 0.467. The van der Waals surface area contributed by atoms with Crippen molar-refractivity contribution in [3.8, 4) is 17.6 Å². The molecule has 4 N–H and O–H groups in total. The second kappa shape index (κ2) is 10.6. The van der Waals surface area contributed by atoms with Crippen LogP contribution in [0.1, 0.15) is 26.2 Å². The fourth-order valence-electron chi connectivity index (χ4n) is 1.78. The lowest BCUT2D eigenvalue weighted by atomic mass is 10.2. The Morgan fingerprint density at radius 3 is 2.70 bits per heavy atom. The zero-order valence-electron chi connectivity index (χ0n) is 13.1. The minimum Gasteiger partial charge on any atom is -0.481 e. The smallest absolute Gasteiger partial charge is 0.312 e. The third-order valence-corrected chi connectivity index (χ3v) is 4.43. The van der Waals surface area contributed by atoms with Crippen LogP contribution in [-0.4, -0.2) is 33.9 Å². The fraction of sp³-hybridized carbons (Fsp3) is 0.438. The third kappa shape index (κ3) is 7.68. The van der Waals surface area contributed by atoms with Crippen molar-refractivity contribution < 1.29 is 18.8 Å². The van der Waals surface area contributed by atoms with Crippen molar-refractivity contribution in [2.24, 2.45) is 5.73 Å². The molecule has 0 bridgehead atoms. The number of hydrogen-bond acceptors (Lipinski definition) is 4. The van der Waals surface area contributed by atoms with Gasteiger partial charge in [0.2, 0.25) is 0 Å². The summed E-state index contributed by atoms with van der Waals surface area (Å²) in [5, 5.41) is 12.4. The van der Waals surface area contributed by atoms with Gasteiger partial charge in [-0.25, -0.2) is 4.79 Å². The predicted octanol–water partition coefficient (Wildman–Crippen LogP) is 1.35. The first kappa shape index (κ1) is 19.0. The average molecular weight is 338 g/mol. The first-order valence-corrected chi connectivity index (χ1v) is 8.50. The molecule has 7 heteroatoms. The summed E-state index contributed by atoms with van der Waals surface area (Å²) in [7, 11) is -1.50. The molecule has 0 aliphatic carbocycles. The van der Waals surface area contributed by atoms with E-state index in [0.717, 1.165) is 0 Å². The summed E-state index contributed by atoms with van der Waals surface area (Å²) in [6.45, 7) is 2.49. The molecule has 1 rings (SSSR count). The van der Waals surface area contributed by atoms with E-state index in [0.29, 0.717) is 43.1 Å². The van der Waals surface area contributed by atoms with Crippen LogP contribution < -0.4 is 15.8 Å². The topological polar surface area (TPSA) is 102 Å². The van der Waals surface area contributed by atoms with E-state index in [2.05, 4.69) is 17.2 Å². The Labute approximate surface area is 138 Å². The molecule has 0 heterocycles. The maximum Gasteiger partial charge on any atom is 0.312 e. The van der Waals surface area contributed by atoms with Gasteiger partial charge in [0.05, 0.1) is 10.8 Å². The lowest BCUT2D eigenvalue weighted by molar-refractivity contribution is 0.239. The number of hydrogen-bond donors (Lipinski definition) is 3. The van der Waals surface area contributed by atoms with E-state index in [1.165, 1.54) is 0 Å². The Kier molecular flexibility index (Phi) is 8.80. The average Bonchev–Trinajstić information content (AvgIpc) is 2.54. The van der Waals surface area contributed by atoms with Gasteiger partial charge in [-0.05, 0) is 50.5 Å². The number of ether oxygens (including phenoxy) is 1. The lowest BCUT2D eigenvalue weighted by Gasteiger charge is -2.11. The molecule has 2 atom stereocenters. The van der Waals surface area contributed by atoms with Gasteiger partial charge >= 0.3 is 6.03 Å². The summed E-state index contributed by atoms with van der Waals surface area (Å²) in [5.41, 5.74) is 4.00. The van der Waals surface area contributed by atoms with Crippen LogP contribution in [-0.2, 0) is 10.8 Å². The first-order chi connectivity index (χ1) is 11.0. The normalized spacial score (nSPS) is 12.6. The molecule has 6 nitrogen and oxygen atoms in total. The van der Waals surface area contributed by atoms with Crippen LogP contribution in [0.5, 0.6) is 5.75 Å². The van der Waals surface area contributed by atoms with E-state index < -0.39 is 22.3 Å². The second-order valence-electron chi connectivity index (χ2n) is 4.73. The highest BCUT2D eigenvalue weighted by Gasteiger charge is 2.15. The summed E-state index contributed by atoms with van der Waals surface area (Å²) in [6.07, 6.45) is 1.70.